The minimum absolute atomic E-state index is 0.265. The van der Waals surface area contributed by atoms with E-state index < -0.39 is 0 Å². The summed E-state index contributed by atoms with van der Waals surface area (Å²) in [6.45, 7) is 7.64. The standard InChI is InChI=1S/C11H20ClN3/c1-4-5-6-7-11(2,3)8-15-9-13-14-10(15)12/h9H,4-8H2,1-3H3. The third-order valence-corrected chi connectivity index (χ3v) is 2.92. The minimum atomic E-state index is 0.265. The quantitative estimate of drug-likeness (QED) is 0.699. The van der Waals surface area contributed by atoms with E-state index in [9.17, 15) is 0 Å². The van der Waals surface area contributed by atoms with Gasteiger partial charge in [0, 0.05) is 6.54 Å². The highest BCUT2D eigenvalue weighted by Crippen LogP contribution is 2.26. The van der Waals surface area contributed by atoms with Crippen molar-refractivity contribution in [1.29, 1.82) is 0 Å². The molecule has 0 atom stereocenters. The van der Waals surface area contributed by atoms with Gasteiger partial charge in [-0.3, -0.25) is 0 Å². The maximum Gasteiger partial charge on any atom is 0.224 e. The van der Waals surface area contributed by atoms with Crippen LogP contribution >= 0.6 is 11.6 Å². The molecular weight excluding hydrogens is 210 g/mol. The number of aromatic nitrogens is 3. The molecule has 0 aromatic carbocycles. The largest absolute Gasteiger partial charge is 0.304 e. The number of nitrogens with zero attached hydrogens (tertiary/aromatic N) is 3. The van der Waals surface area contributed by atoms with Crippen LogP contribution in [0.2, 0.25) is 5.28 Å². The van der Waals surface area contributed by atoms with E-state index in [4.69, 9.17) is 11.6 Å². The van der Waals surface area contributed by atoms with Gasteiger partial charge in [-0.2, -0.15) is 0 Å². The summed E-state index contributed by atoms with van der Waals surface area (Å²) in [5, 5.41) is 8.04. The summed E-state index contributed by atoms with van der Waals surface area (Å²) in [7, 11) is 0. The zero-order valence-electron chi connectivity index (χ0n) is 9.83. The van der Waals surface area contributed by atoms with E-state index in [0.29, 0.717) is 5.28 Å². The molecule has 15 heavy (non-hydrogen) atoms. The number of rotatable bonds is 6. The molecule has 0 aliphatic carbocycles. The van der Waals surface area contributed by atoms with Crippen molar-refractivity contribution in [1.82, 2.24) is 14.8 Å². The summed E-state index contributed by atoms with van der Waals surface area (Å²) in [6, 6.07) is 0. The summed E-state index contributed by atoms with van der Waals surface area (Å²) >= 11 is 5.90. The topological polar surface area (TPSA) is 30.7 Å². The van der Waals surface area contributed by atoms with Crippen LogP contribution in [0.25, 0.3) is 0 Å². The van der Waals surface area contributed by atoms with Crippen LogP contribution in [0.1, 0.15) is 46.5 Å². The Morgan fingerprint density at radius 3 is 2.67 bits per heavy atom. The second-order valence-corrected chi connectivity index (χ2v) is 5.19. The van der Waals surface area contributed by atoms with Gasteiger partial charge in [0.2, 0.25) is 5.28 Å². The molecule has 0 unspecified atom stereocenters. The van der Waals surface area contributed by atoms with Crippen molar-refractivity contribution in [3.05, 3.63) is 11.6 Å². The Morgan fingerprint density at radius 1 is 1.40 bits per heavy atom. The Kier molecular flexibility index (Phi) is 4.58. The van der Waals surface area contributed by atoms with E-state index >= 15 is 0 Å². The lowest BCUT2D eigenvalue weighted by Gasteiger charge is -2.24. The molecule has 0 aliphatic rings. The first-order valence-corrected chi connectivity index (χ1v) is 5.96. The van der Waals surface area contributed by atoms with Crippen LogP contribution in [0.3, 0.4) is 0 Å². The molecule has 1 rings (SSSR count). The van der Waals surface area contributed by atoms with Crippen LogP contribution in [-0.4, -0.2) is 14.8 Å². The van der Waals surface area contributed by atoms with Crippen molar-refractivity contribution in [2.45, 2.75) is 53.0 Å². The predicted octanol–water partition coefficient (Wildman–Crippen LogP) is 3.54. The first kappa shape index (κ1) is 12.5. The van der Waals surface area contributed by atoms with Gasteiger partial charge >= 0.3 is 0 Å². The second-order valence-electron chi connectivity index (χ2n) is 4.85. The second kappa shape index (κ2) is 5.50. The van der Waals surface area contributed by atoms with E-state index in [2.05, 4.69) is 31.0 Å². The van der Waals surface area contributed by atoms with Gasteiger partial charge in [0.15, 0.2) is 0 Å². The molecule has 0 fully saturated rings. The first-order chi connectivity index (χ1) is 7.05. The molecular formula is C11H20ClN3. The van der Waals surface area contributed by atoms with Gasteiger partial charge in [0.25, 0.3) is 0 Å². The molecule has 0 saturated heterocycles. The van der Waals surface area contributed by atoms with Gasteiger partial charge in [0.05, 0.1) is 0 Å². The maximum atomic E-state index is 5.90. The Bertz CT molecular complexity index is 294. The van der Waals surface area contributed by atoms with E-state index in [0.717, 1.165) is 6.54 Å². The lowest BCUT2D eigenvalue weighted by atomic mass is 9.87. The Hall–Kier alpha value is -0.570. The van der Waals surface area contributed by atoms with Gasteiger partial charge in [-0.25, -0.2) is 0 Å². The lowest BCUT2D eigenvalue weighted by Crippen LogP contribution is -2.19. The van der Waals surface area contributed by atoms with E-state index in [1.165, 1.54) is 25.7 Å². The molecule has 0 saturated carbocycles. The third kappa shape index (κ3) is 4.20. The van der Waals surface area contributed by atoms with Crippen molar-refractivity contribution in [3.8, 4) is 0 Å². The van der Waals surface area contributed by atoms with Gasteiger partial charge in [-0.05, 0) is 23.4 Å². The van der Waals surface area contributed by atoms with Crippen LogP contribution in [0, 0.1) is 5.41 Å². The van der Waals surface area contributed by atoms with Gasteiger partial charge in [0.1, 0.15) is 6.33 Å². The highest BCUT2D eigenvalue weighted by Gasteiger charge is 2.19. The number of hydrogen-bond acceptors (Lipinski definition) is 2. The Morgan fingerprint density at radius 2 is 2.13 bits per heavy atom. The lowest BCUT2D eigenvalue weighted by molar-refractivity contribution is 0.271. The summed E-state index contributed by atoms with van der Waals surface area (Å²) < 4.78 is 1.91. The van der Waals surface area contributed by atoms with Crippen molar-refractivity contribution >= 4 is 11.6 Å². The molecule has 1 aromatic heterocycles. The summed E-state index contributed by atoms with van der Waals surface area (Å²) in [5.41, 5.74) is 0.265. The van der Waals surface area contributed by atoms with Crippen LogP contribution in [0.15, 0.2) is 6.33 Å². The van der Waals surface area contributed by atoms with Crippen LogP contribution < -0.4 is 0 Å². The zero-order chi connectivity index (χ0) is 11.3. The molecule has 4 heteroatoms. The van der Waals surface area contributed by atoms with Crippen LogP contribution in [-0.2, 0) is 6.54 Å². The first-order valence-electron chi connectivity index (χ1n) is 5.58. The molecule has 3 nitrogen and oxygen atoms in total. The van der Waals surface area contributed by atoms with Gasteiger partial charge in [-0.1, -0.05) is 40.0 Å². The van der Waals surface area contributed by atoms with E-state index in [1.807, 2.05) is 4.57 Å². The highest BCUT2D eigenvalue weighted by atomic mass is 35.5. The molecule has 1 heterocycles. The molecule has 86 valence electrons. The molecule has 0 spiro atoms. The molecule has 0 aliphatic heterocycles. The monoisotopic (exact) mass is 229 g/mol. The van der Waals surface area contributed by atoms with E-state index in [1.54, 1.807) is 6.33 Å². The number of halogens is 1. The maximum absolute atomic E-state index is 5.90. The van der Waals surface area contributed by atoms with Crippen LogP contribution in [0.4, 0.5) is 0 Å². The molecule has 1 aromatic rings. The molecule has 0 amide bonds. The molecule has 0 N–H and O–H groups in total. The predicted molar refractivity (Wildman–Crippen MR) is 63.0 cm³/mol. The van der Waals surface area contributed by atoms with Crippen molar-refractivity contribution in [2.75, 3.05) is 0 Å². The fraction of sp³-hybridized carbons (Fsp3) is 0.818. The van der Waals surface area contributed by atoms with Crippen molar-refractivity contribution < 1.29 is 0 Å². The molecule has 0 radical (unpaired) electrons. The van der Waals surface area contributed by atoms with E-state index in [-0.39, 0.29) is 5.41 Å². The fourth-order valence-electron chi connectivity index (χ4n) is 1.74. The Balaban J connectivity index is 2.45. The molecule has 0 bridgehead atoms. The number of hydrogen-bond donors (Lipinski definition) is 0. The Labute approximate surface area is 96.8 Å². The van der Waals surface area contributed by atoms with Crippen molar-refractivity contribution in [2.24, 2.45) is 5.41 Å². The van der Waals surface area contributed by atoms with Crippen molar-refractivity contribution in [3.63, 3.8) is 0 Å². The highest BCUT2D eigenvalue weighted by molar-refractivity contribution is 6.28. The van der Waals surface area contributed by atoms with Gasteiger partial charge < -0.3 is 4.57 Å². The minimum Gasteiger partial charge on any atom is -0.304 e. The normalized spacial score (nSPS) is 12.0. The van der Waals surface area contributed by atoms with Gasteiger partial charge in [-0.15, -0.1) is 10.2 Å². The zero-order valence-corrected chi connectivity index (χ0v) is 10.6. The fourth-order valence-corrected chi connectivity index (χ4v) is 1.89. The summed E-state index contributed by atoms with van der Waals surface area (Å²) in [5.74, 6) is 0. The SMILES string of the molecule is CCCCCC(C)(C)Cn1cnnc1Cl. The summed E-state index contributed by atoms with van der Waals surface area (Å²) in [4.78, 5) is 0. The van der Waals surface area contributed by atoms with Crippen LogP contribution in [0.5, 0.6) is 0 Å². The average Bonchev–Trinajstić information content (AvgIpc) is 2.51. The smallest absolute Gasteiger partial charge is 0.224 e. The average molecular weight is 230 g/mol. The number of unbranched alkanes of at least 4 members (excludes halogenated alkanes) is 2. The summed E-state index contributed by atoms with van der Waals surface area (Å²) in [6.07, 6.45) is 6.77. The third-order valence-electron chi connectivity index (χ3n) is 2.62.